The predicted molar refractivity (Wildman–Crippen MR) is 159 cm³/mol. The summed E-state index contributed by atoms with van der Waals surface area (Å²) in [5, 5.41) is 5.55. The molecule has 0 spiro atoms. The Balaban J connectivity index is 1.45. The number of piperidine rings is 1. The summed E-state index contributed by atoms with van der Waals surface area (Å²) >= 11 is 6.69. The largest absolute Gasteiger partial charge is 0.444 e. The second-order valence-corrected chi connectivity index (χ2v) is 12.7. The molecule has 1 saturated heterocycles. The van der Waals surface area contributed by atoms with Crippen LogP contribution in [0.5, 0.6) is 0 Å². The highest BCUT2D eigenvalue weighted by atomic mass is 79.9. The lowest BCUT2D eigenvalue weighted by Crippen LogP contribution is -2.55. The second-order valence-electron chi connectivity index (χ2n) is 11.0. The third-order valence-electron chi connectivity index (χ3n) is 6.86. The quantitative estimate of drug-likeness (QED) is 0.281. The first-order valence-electron chi connectivity index (χ1n) is 13.0. The van der Waals surface area contributed by atoms with Crippen molar-refractivity contribution in [2.45, 2.75) is 64.3 Å². The molecule has 4 N–H and O–H groups in total. The number of carbonyl (C=O) groups excluding carboxylic acids is 4. The van der Waals surface area contributed by atoms with Crippen LogP contribution in [-0.2, 0) is 16.1 Å². The minimum absolute atomic E-state index is 0.0409. The SMILES string of the molecule is CC(C)(C)OC(=O)N[C@H](CC(=O)c1cc(Br)c(N)c(Br)c1)C(=O)N1CCC(N2Cc3ccccc3NC2=O)CC1. The van der Waals surface area contributed by atoms with Gasteiger partial charge in [0.25, 0.3) is 0 Å². The molecule has 0 radical (unpaired) electrons. The van der Waals surface area contributed by atoms with Gasteiger partial charge in [-0.3, -0.25) is 9.59 Å². The zero-order valence-electron chi connectivity index (χ0n) is 22.6. The van der Waals surface area contributed by atoms with Gasteiger partial charge in [0, 0.05) is 52.3 Å². The van der Waals surface area contributed by atoms with Crippen LogP contribution >= 0.6 is 31.9 Å². The Hall–Kier alpha value is -3.12. The molecule has 2 aromatic rings. The molecule has 214 valence electrons. The van der Waals surface area contributed by atoms with Crippen LogP contribution in [0.4, 0.5) is 21.0 Å². The van der Waals surface area contributed by atoms with Crippen molar-refractivity contribution in [3.8, 4) is 0 Å². The Morgan fingerprint density at radius 3 is 2.38 bits per heavy atom. The van der Waals surface area contributed by atoms with Crippen LogP contribution in [0.15, 0.2) is 45.3 Å². The smallest absolute Gasteiger partial charge is 0.408 e. The van der Waals surface area contributed by atoms with E-state index in [-0.39, 0.29) is 30.2 Å². The summed E-state index contributed by atoms with van der Waals surface area (Å²) < 4.78 is 6.45. The summed E-state index contributed by atoms with van der Waals surface area (Å²) in [6.45, 7) is 6.43. The van der Waals surface area contributed by atoms with Gasteiger partial charge < -0.3 is 30.9 Å². The number of nitrogens with one attached hydrogen (secondary N) is 2. The summed E-state index contributed by atoms with van der Waals surface area (Å²) in [5.41, 5.74) is 7.82. The Morgan fingerprint density at radius 2 is 1.75 bits per heavy atom. The summed E-state index contributed by atoms with van der Waals surface area (Å²) in [5.74, 6) is -0.714. The van der Waals surface area contributed by atoms with Crippen LogP contribution < -0.4 is 16.4 Å². The van der Waals surface area contributed by atoms with Gasteiger partial charge in [-0.2, -0.15) is 0 Å². The highest BCUT2D eigenvalue weighted by molar-refractivity contribution is 9.11. The van der Waals surface area contributed by atoms with Crippen molar-refractivity contribution < 1.29 is 23.9 Å². The fourth-order valence-electron chi connectivity index (χ4n) is 4.83. The number of nitrogens with two attached hydrogens (primary N) is 1. The Bertz CT molecular complexity index is 1300. The molecule has 0 aromatic heterocycles. The number of alkyl carbamates (subject to hydrolysis) is 1. The minimum atomic E-state index is -1.13. The van der Waals surface area contributed by atoms with E-state index < -0.39 is 17.7 Å². The number of urea groups is 1. The van der Waals surface area contributed by atoms with Crippen molar-refractivity contribution in [3.63, 3.8) is 0 Å². The van der Waals surface area contributed by atoms with E-state index in [0.717, 1.165) is 11.3 Å². The van der Waals surface area contributed by atoms with E-state index in [1.165, 1.54) is 0 Å². The van der Waals surface area contributed by atoms with Crippen LogP contribution in [0.3, 0.4) is 0 Å². The number of fused-ring (bicyclic) bond motifs is 1. The lowest BCUT2D eigenvalue weighted by molar-refractivity contribution is -0.134. The maximum absolute atomic E-state index is 13.6. The maximum atomic E-state index is 13.6. The molecule has 4 amide bonds. The van der Waals surface area contributed by atoms with Gasteiger partial charge in [-0.15, -0.1) is 0 Å². The molecule has 2 aliphatic heterocycles. The highest BCUT2D eigenvalue weighted by Gasteiger charge is 2.36. The normalized spacial score (nSPS) is 16.6. The second kappa shape index (κ2) is 12.2. The number of ether oxygens (including phenoxy) is 1. The number of amides is 4. The minimum Gasteiger partial charge on any atom is -0.444 e. The fourth-order valence-corrected chi connectivity index (χ4v) is 6.02. The average Bonchev–Trinajstić information content (AvgIpc) is 2.89. The van der Waals surface area contributed by atoms with E-state index in [0.29, 0.717) is 52.7 Å². The van der Waals surface area contributed by atoms with E-state index in [2.05, 4.69) is 42.5 Å². The van der Waals surface area contributed by atoms with Crippen LogP contribution in [0.25, 0.3) is 0 Å². The molecule has 0 aliphatic carbocycles. The highest BCUT2D eigenvalue weighted by Crippen LogP contribution is 2.31. The topological polar surface area (TPSA) is 134 Å². The molecule has 2 aromatic carbocycles. The molecular weight excluding hydrogens is 646 g/mol. The summed E-state index contributed by atoms with van der Waals surface area (Å²) in [6, 6.07) is 9.55. The van der Waals surface area contributed by atoms with E-state index in [1.54, 1.807) is 42.7 Å². The zero-order chi connectivity index (χ0) is 29.2. The number of anilines is 2. The number of carbonyl (C=O) groups is 4. The maximum Gasteiger partial charge on any atom is 0.408 e. The Kier molecular flexibility index (Phi) is 9.09. The molecule has 1 fully saturated rings. The first-order valence-corrected chi connectivity index (χ1v) is 14.6. The van der Waals surface area contributed by atoms with Crippen LogP contribution in [0.1, 0.15) is 56.0 Å². The van der Waals surface area contributed by atoms with Crippen molar-refractivity contribution in [1.82, 2.24) is 15.1 Å². The van der Waals surface area contributed by atoms with Crippen LogP contribution in [0.2, 0.25) is 0 Å². The van der Waals surface area contributed by atoms with Gasteiger partial charge in [0.2, 0.25) is 5.91 Å². The van der Waals surface area contributed by atoms with E-state index in [9.17, 15) is 19.2 Å². The molecule has 0 saturated carbocycles. The molecule has 40 heavy (non-hydrogen) atoms. The third kappa shape index (κ3) is 7.14. The number of halogens is 2. The first-order chi connectivity index (χ1) is 18.8. The predicted octanol–water partition coefficient (Wildman–Crippen LogP) is 5.30. The van der Waals surface area contributed by atoms with Gasteiger partial charge >= 0.3 is 12.1 Å². The lowest BCUT2D eigenvalue weighted by Gasteiger charge is -2.41. The number of likely N-dealkylation sites (tertiary alicyclic amines) is 1. The fraction of sp³-hybridized carbons (Fsp3) is 0.429. The third-order valence-corrected chi connectivity index (χ3v) is 8.17. The van der Waals surface area contributed by atoms with Crippen LogP contribution in [0, 0.1) is 0 Å². The number of benzene rings is 2. The van der Waals surface area contributed by atoms with Crippen molar-refractivity contribution in [2.24, 2.45) is 0 Å². The van der Waals surface area contributed by atoms with Gasteiger partial charge in [0.15, 0.2) is 5.78 Å². The Labute approximate surface area is 250 Å². The number of nitrogen functional groups attached to an aromatic ring is 1. The van der Waals surface area contributed by atoms with Gasteiger partial charge in [0.1, 0.15) is 11.6 Å². The number of nitrogens with zero attached hydrogens (tertiary/aromatic N) is 2. The summed E-state index contributed by atoms with van der Waals surface area (Å²) in [6.07, 6.45) is 0.113. The summed E-state index contributed by atoms with van der Waals surface area (Å²) in [7, 11) is 0. The lowest BCUT2D eigenvalue weighted by atomic mass is 9.98. The molecule has 4 rings (SSSR count). The molecule has 0 bridgehead atoms. The summed E-state index contributed by atoms with van der Waals surface area (Å²) in [4.78, 5) is 55.7. The molecular formula is C28H33Br2N5O5. The van der Waals surface area contributed by atoms with E-state index in [1.807, 2.05) is 24.3 Å². The Morgan fingerprint density at radius 1 is 1.12 bits per heavy atom. The standard InChI is InChI=1S/C28H33Br2N5O5/c1-28(2,3)40-27(39)33-22(14-23(36)17-12-19(29)24(31)20(30)13-17)25(37)34-10-8-18(9-11-34)35-15-16-6-4-5-7-21(16)32-26(35)38/h4-7,12-13,18,22H,8-11,14-15,31H2,1-3H3,(H,32,38)(H,33,39)/t22-/m1/s1. The van der Waals surface area contributed by atoms with E-state index in [4.69, 9.17) is 10.5 Å². The molecule has 12 heteroatoms. The number of para-hydroxylation sites is 1. The molecule has 0 unspecified atom stereocenters. The average molecular weight is 679 g/mol. The molecule has 10 nitrogen and oxygen atoms in total. The van der Waals surface area contributed by atoms with Gasteiger partial charge in [-0.05, 0) is 89.2 Å². The molecule has 1 atom stereocenters. The monoisotopic (exact) mass is 677 g/mol. The van der Waals surface area contributed by atoms with Gasteiger partial charge in [0.05, 0.1) is 5.69 Å². The van der Waals surface area contributed by atoms with Crippen molar-refractivity contribution >= 4 is 67.0 Å². The molecule has 2 heterocycles. The van der Waals surface area contributed by atoms with Gasteiger partial charge in [-0.1, -0.05) is 18.2 Å². The number of rotatable bonds is 6. The zero-order valence-corrected chi connectivity index (χ0v) is 25.8. The van der Waals surface area contributed by atoms with Crippen molar-refractivity contribution in [1.29, 1.82) is 0 Å². The van der Waals surface area contributed by atoms with Crippen molar-refractivity contribution in [3.05, 3.63) is 56.5 Å². The van der Waals surface area contributed by atoms with Crippen molar-refractivity contribution in [2.75, 3.05) is 24.1 Å². The van der Waals surface area contributed by atoms with Gasteiger partial charge in [-0.25, -0.2) is 9.59 Å². The number of hydrogen-bond acceptors (Lipinski definition) is 6. The molecule has 2 aliphatic rings. The number of Topliss-reactive ketones (excluding diaryl/α,β-unsaturated/α-hetero) is 1. The van der Waals surface area contributed by atoms with E-state index >= 15 is 0 Å². The number of ketones is 1. The number of hydrogen-bond donors (Lipinski definition) is 3. The first kappa shape index (κ1) is 29.9. The van der Waals surface area contributed by atoms with Crippen LogP contribution in [-0.4, -0.2) is 64.4 Å².